The van der Waals surface area contributed by atoms with Crippen molar-refractivity contribution >= 4 is 5.91 Å². The molecule has 1 aliphatic carbocycles. The number of benzene rings is 1. The largest absolute Gasteiger partial charge is 0.345 e. The molecule has 2 aromatic rings. The zero-order valence-corrected chi connectivity index (χ0v) is 15.0. The number of amides is 1. The number of hydrogen-bond acceptors (Lipinski definition) is 3. The first-order valence-electron chi connectivity index (χ1n) is 8.86. The van der Waals surface area contributed by atoms with Crippen LogP contribution >= 0.6 is 0 Å². The van der Waals surface area contributed by atoms with E-state index in [-0.39, 0.29) is 12.1 Å². The molecule has 1 aromatic heterocycles. The average Bonchev–Trinajstić information content (AvgIpc) is 2.65. The summed E-state index contributed by atoms with van der Waals surface area (Å²) in [5, 5.41) is 2.83. The summed E-state index contributed by atoms with van der Waals surface area (Å²) in [7, 11) is 1.32. The molecule has 0 unspecified atom stereocenters. The summed E-state index contributed by atoms with van der Waals surface area (Å²) in [5.41, 5.74) is -1.97. The second-order valence-electron chi connectivity index (χ2n) is 6.92. The van der Waals surface area contributed by atoms with Gasteiger partial charge in [0, 0.05) is 24.9 Å². The van der Waals surface area contributed by atoms with E-state index in [1.54, 1.807) is 0 Å². The minimum Gasteiger partial charge on any atom is -0.345 e. The number of aromatic nitrogens is 2. The van der Waals surface area contributed by atoms with Gasteiger partial charge in [-0.15, -0.1) is 0 Å². The smallest absolute Gasteiger partial charge is 0.331 e. The average molecular weight is 377 g/mol. The summed E-state index contributed by atoms with van der Waals surface area (Å²) >= 11 is 0. The van der Waals surface area contributed by atoms with Gasteiger partial charge >= 0.3 is 5.69 Å². The summed E-state index contributed by atoms with van der Waals surface area (Å²) in [6.45, 7) is -0.314. The number of nitrogens with zero attached hydrogens (tertiary/aromatic N) is 2. The third kappa shape index (κ3) is 3.70. The molecule has 1 fully saturated rings. The molecule has 0 bridgehead atoms. The Kier molecular flexibility index (Phi) is 5.25. The maximum absolute atomic E-state index is 14.5. The van der Waals surface area contributed by atoms with E-state index in [2.05, 4.69) is 5.32 Å². The molecule has 1 aromatic carbocycles. The van der Waals surface area contributed by atoms with Crippen LogP contribution in [0.3, 0.4) is 0 Å². The molecule has 0 radical (unpaired) electrons. The minimum absolute atomic E-state index is 0.128. The number of carbonyl (C=O) groups is 1. The second kappa shape index (κ2) is 7.46. The summed E-state index contributed by atoms with van der Waals surface area (Å²) in [4.78, 5) is 36.2. The molecular weight excluding hydrogens is 356 g/mol. The molecule has 0 aliphatic heterocycles. The number of rotatable bonds is 4. The molecule has 0 spiro atoms. The second-order valence-corrected chi connectivity index (χ2v) is 6.92. The standard InChI is InChI=1S/C19H21F2N3O3/c1-23-16(26)8-11-24(18(23)27)12-15(25)22-19(9-3-2-4-10-19)13-6-5-7-14(20)17(13)21/h5-8,11H,2-4,9-10,12H2,1H3,(H,22,25). The van der Waals surface area contributed by atoms with Crippen molar-refractivity contribution in [2.45, 2.75) is 44.2 Å². The van der Waals surface area contributed by atoms with Crippen LogP contribution in [0.1, 0.15) is 37.7 Å². The zero-order chi connectivity index (χ0) is 19.6. The van der Waals surface area contributed by atoms with Crippen molar-refractivity contribution in [2.24, 2.45) is 7.05 Å². The predicted octanol–water partition coefficient (Wildman–Crippen LogP) is 1.80. The summed E-state index contributed by atoms with van der Waals surface area (Å²) < 4.78 is 30.2. The highest BCUT2D eigenvalue weighted by atomic mass is 19.2. The van der Waals surface area contributed by atoms with Gasteiger partial charge in [0.05, 0.1) is 5.54 Å². The molecule has 1 aliphatic rings. The minimum atomic E-state index is -1.01. The van der Waals surface area contributed by atoms with Crippen LogP contribution in [0, 0.1) is 11.6 Å². The van der Waals surface area contributed by atoms with Crippen LogP contribution in [0.15, 0.2) is 40.1 Å². The summed E-state index contributed by atoms with van der Waals surface area (Å²) in [5.74, 6) is -2.42. The Labute approximate surface area is 154 Å². The molecule has 1 saturated carbocycles. The summed E-state index contributed by atoms with van der Waals surface area (Å²) in [6.07, 6.45) is 4.73. The molecule has 8 heteroatoms. The van der Waals surface area contributed by atoms with Crippen LogP contribution in [-0.2, 0) is 23.9 Å². The topological polar surface area (TPSA) is 73.1 Å². The van der Waals surface area contributed by atoms with Gasteiger partial charge in [0.25, 0.3) is 5.56 Å². The third-order valence-electron chi connectivity index (χ3n) is 5.13. The van der Waals surface area contributed by atoms with Gasteiger partial charge < -0.3 is 5.32 Å². The molecule has 27 heavy (non-hydrogen) atoms. The molecule has 1 amide bonds. The fraction of sp³-hybridized carbons (Fsp3) is 0.421. The van der Waals surface area contributed by atoms with Crippen molar-refractivity contribution in [3.8, 4) is 0 Å². The highest BCUT2D eigenvalue weighted by molar-refractivity contribution is 5.77. The lowest BCUT2D eigenvalue weighted by Gasteiger charge is -2.39. The van der Waals surface area contributed by atoms with Gasteiger partial charge in [-0.3, -0.25) is 18.7 Å². The zero-order valence-electron chi connectivity index (χ0n) is 15.0. The summed E-state index contributed by atoms with van der Waals surface area (Å²) in [6, 6.07) is 5.15. The normalized spacial score (nSPS) is 16.1. The van der Waals surface area contributed by atoms with Crippen molar-refractivity contribution < 1.29 is 13.6 Å². The van der Waals surface area contributed by atoms with Crippen LogP contribution < -0.4 is 16.6 Å². The van der Waals surface area contributed by atoms with E-state index in [0.29, 0.717) is 12.8 Å². The monoisotopic (exact) mass is 377 g/mol. The molecule has 144 valence electrons. The first kappa shape index (κ1) is 19.0. The van der Waals surface area contributed by atoms with E-state index in [9.17, 15) is 23.2 Å². The lowest BCUT2D eigenvalue weighted by Crippen LogP contribution is -2.50. The van der Waals surface area contributed by atoms with E-state index >= 15 is 0 Å². The SMILES string of the molecule is Cn1c(=O)ccn(CC(=O)NC2(c3cccc(F)c3F)CCCCC2)c1=O. The number of hydrogen-bond donors (Lipinski definition) is 1. The number of halogens is 2. The molecular formula is C19H21F2N3O3. The van der Waals surface area contributed by atoms with E-state index in [1.165, 1.54) is 31.4 Å². The van der Waals surface area contributed by atoms with Gasteiger partial charge in [-0.05, 0) is 18.9 Å². The Balaban J connectivity index is 1.90. The molecule has 1 heterocycles. The van der Waals surface area contributed by atoms with Crippen LogP contribution in [0.2, 0.25) is 0 Å². The molecule has 0 atom stereocenters. The highest BCUT2D eigenvalue weighted by Crippen LogP contribution is 2.38. The van der Waals surface area contributed by atoms with Gasteiger partial charge in [-0.25, -0.2) is 13.6 Å². The van der Waals surface area contributed by atoms with Crippen molar-refractivity contribution in [3.05, 3.63) is 68.5 Å². The Bertz CT molecular complexity index is 975. The molecule has 1 N–H and O–H groups in total. The highest BCUT2D eigenvalue weighted by Gasteiger charge is 2.38. The van der Waals surface area contributed by atoms with Gasteiger partial charge in [0.2, 0.25) is 5.91 Å². The first-order valence-corrected chi connectivity index (χ1v) is 8.86. The van der Waals surface area contributed by atoms with Crippen LogP contribution in [0.25, 0.3) is 0 Å². The predicted molar refractivity (Wildman–Crippen MR) is 95.2 cm³/mol. The van der Waals surface area contributed by atoms with Crippen molar-refractivity contribution in [2.75, 3.05) is 0 Å². The maximum atomic E-state index is 14.5. The van der Waals surface area contributed by atoms with Gasteiger partial charge in [0.15, 0.2) is 11.6 Å². The first-order chi connectivity index (χ1) is 12.8. The third-order valence-corrected chi connectivity index (χ3v) is 5.13. The molecule has 0 saturated heterocycles. The van der Waals surface area contributed by atoms with Crippen LogP contribution in [0.4, 0.5) is 8.78 Å². The Morgan fingerprint density at radius 2 is 1.85 bits per heavy atom. The van der Waals surface area contributed by atoms with Crippen LogP contribution in [0.5, 0.6) is 0 Å². The van der Waals surface area contributed by atoms with Crippen molar-refractivity contribution in [3.63, 3.8) is 0 Å². The molecule has 3 rings (SSSR count). The quantitative estimate of drug-likeness (QED) is 0.883. The van der Waals surface area contributed by atoms with Gasteiger partial charge in [-0.1, -0.05) is 31.4 Å². The fourth-order valence-corrected chi connectivity index (χ4v) is 3.69. The Morgan fingerprint density at radius 1 is 1.15 bits per heavy atom. The fourth-order valence-electron chi connectivity index (χ4n) is 3.69. The maximum Gasteiger partial charge on any atom is 0.331 e. The lowest BCUT2D eigenvalue weighted by molar-refractivity contribution is -0.124. The van der Waals surface area contributed by atoms with Crippen LogP contribution in [-0.4, -0.2) is 15.0 Å². The molecule has 6 nitrogen and oxygen atoms in total. The number of carbonyl (C=O) groups excluding carboxylic acids is 1. The van der Waals surface area contributed by atoms with E-state index in [1.807, 2.05) is 0 Å². The lowest BCUT2D eigenvalue weighted by atomic mass is 9.76. The van der Waals surface area contributed by atoms with Crippen molar-refractivity contribution in [1.82, 2.24) is 14.5 Å². The van der Waals surface area contributed by atoms with Gasteiger partial charge in [-0.2, -0.15) is 0 Å². The Hall–Kier alpha value is -2.77. The Morgan fingerprint density at radius 3 is 2.56 bits per heavy atom. The number of nitrogens with one attached hydrogen (secondary N) is 1. The van der Waals surface area contributed by atoms with Gasteiger partial charge in [0.1, 0.15) is 6.54 Å². The van der Waals surface area contributed by atoms with E-state index in [4.69, 9.17) is 0 Å². The van der Waals surface area contributed by atoms with E-state index < -0.39 is 34.3 Å². The van der Waals surface area contributed by atoms with E-state index in [0.717, 1.165) is 34.5 Å². The van der Waals surface area contributed by atoms with Crippen molar-refractivity contribution in [1.29, 1.82) is 0 Å².